The van der Waals surface area contributed by atoms with E-state index < -0.39 is 12.3 Å². The first-order valence-electron chi connectivity index (χ1n) is 8.80. The summed E-state index contributed by atoms with van der Waals surface area (Å²) >= 11 is 0. The van der Waals surface area contributed by atoms with Crippen molar-refractivity contribution >= 4 is 11.6 Å². The maximum absolute atomic E-state index is 13.2. The molecule has 1 aliphatic carbocycles. The zero-order valence-corrected chi connectivity index (χ0v) is 14.6. The molecule has 0 radical (unpaired) electrons. The van der Waals surface area contributed by atoms with Gasteiger partial charge in [0.25, 0.3) is 6.43 Å². The molecule has 0 bridgehead atoms. The molecule has 1 saturated carbocycles. The van der Waals surface area contributed by atoms with Crippen LogP contribution < -0.4 is 5.32 Å². The Labute approximate surface area is 154 Å². The zero-order chi connectivity index (χ0) is 18.8. The molecule has 0 spiro atoms. The summed E-state index contributed by atoms with van der Waals surface area (Å²) in [4.78, 5) is 12.3. The van der Waals surface area contributed by atoms with Gasteiger partial charge in [0.1, 0.15) is 12.2 Å². The molecule has 8 heteroatoms. The minimum Gasteiger partial charge on any atom is -0.324 e. The van der Waals surface area contributed by atoms with Crippen molar-refractivity contribution in [3.63, 3.8) is 0 Å². The first kappa shape index (κ1) is 17.4. The molecule has 1 aliphatic rings. The van der Waals surface area contributed by atoms with E-state index >= 15 is 0 Å². The van der Waals surface area contributed by atoms with Gasteiger partial charge >= 0.3 is 0 Å². The second-order valence-electron chi connectivity index (χ2n) is 6.68. The molecule has 0 aliphatic heterocycles. The van der Waals surface area contributed by atoms with Crippen molar-refractivity contribution in [1.29, 1.82) is 0 Å². The van der Waals surface area contributed by atoms with Crippen LogP contribution in [0.25, 0.3) is 0 Å². The molecule has 1 amide bonds. The average molecular weight is 371 g/mol. The van der Waals surface area contributed by atoms with E-state index in [-0.39, 0.29) is 18.2 Å². The van der Waals surface area contributed by atoms with Crippen LogP contribution in [0, 0.1) is 0 Å². The highest BCUT2D eigenvalue weighted by molar-refractivity contribution is 5.90. The fraction of sp³-hybridized carbons (Fsp3) is 0.316. The van der Waals surface area contributed by atoms with Gasteiger partial charge < -0.3 is 5.32 Å². The van der Waals surface area contributed by atoms with Gasteiger partial charge in [0.15, 0.2) is 0 Å². The molecule has 140 valence electrons. The summed E-state index contributed by atoms with van der Waals surface area (Å²) in [6.07, 6.45) is 2.83. The Kier molecular flexibility index (Phi) is 4.70. The van der Waals surface area contributed by atoms with Gasteiger partial charge in [-0.25, -0.2) is 8.78 Å². The summed E-state index contributed by atoms with van der Waals surface area (Å²) in [5.41, 5.74) is 2.02. The largest absolute Gasteiger partial charge is 0.324 e. The maximum Gasteiger partial charge on any atom is 0.280 e. The summed E-state index contributed by atoms with van der Waals surface area (Å²) < 4.78 is 29.4. The van der Waals surface area contributed by atoms with Crippen LogP contribution in [0.1, 0.15) is 42.1 Å². The van der Waals surface area contributed by atoms with Gasteiger partial charge in [-0.1, -0.05) is 12.1 Å². The third-order valence-corrected chi connectivity index (χ3v) is 4.46. The second-order valence-corrected chi connectivity index (χ2v) is 6.68. The fourth-order valence-corrected chi connectivity index (χ4v) is 3.00. The van der Waals surface area contributed by atoms with E-state index in [0.717, 1.165) is 23.1 Å². The van der Waals surface area contributed by atoms with E-state index in [2.05, 4.69) is 15.5 Å². The molecule has 2 aromatic heterocycles. The Morgan fingerprint density at radius 3 is 2.81 bits per heavy atom. The van der Waals surface area contributed by atoms with Crippen molar-refractivity contribution in [2.24, 2.45) is 0 Å². The predicted octanol–water partition coefficient (Wildman–Crippen LogP) is 3.58. The van der Waals surface area contributed by atoms with E-state index in [1.165, 1.54) is 6.07 Å². The Morgan fingerprint density at radius 2 is 2.11 bits per heavy atom. The lowest BCUT2D eigenvalue weighted by atomic mass is 10.2. The maximum atomic E-state index is 13.2. The molecule has 1 N–H and O–H groups in total. The molecule has 0 saturated heterocycles. The topological polar surface area (TPSA) is 64.7 Å². The lowest BCUT2D eigenvalue weighted by Gasteiger charge is -2.09. The number of amides is 1. The molecule has 4 rings (SSSR count). The van der Waals surface area contributed by atoms with E-state index in [1.54, 1.807) is 16.9 Å². The van der Waals surface area contributed by atoms with Gasteiger partial charge in [0.2, 0.25) is 5.91 Å². The van der Waals surface area contributed by atoms with Crippen LogP contribution in [-0.4, -0.2) is 25.5 Å². The second kappa shape index (κ2) is 7.30. The lowest BCUT2D eigenvalue weighted by Crippen LogP contribution is -2.21. The van der Waals surface area contributed by atoms with E-state index in [1.807, 2.05) is 30.5 Å². The summed E-state index contributed by atoms with van der Waals surface area (Å²) in [7, 11) is 0. The number of alkyl halides is 2. The number of rotatable bonds is 7. The highest BCUT2D eigenvalue weighted by Gasteiger charge is 2.29. The lowest BCUT2D eigenvalue weighted by molar-refractivity contribution is -0.117. The van der Waals surface area contributed by atoms with Gasteiger partial charge in [0.05, 0.1) is 12.2 Å². The van der Waals surface area contributed by atoms with Crippen molar-refractivity contribution in [3.8, 4) is 0 Å². The van der Waals surface area contributed by atoms with Crippen LogP contribution in [-0.2, 0) is 17.9 Å². The minimum absolute atomic E-state index is 0.209. The number of aromatic nitrogens is 4. The minimum atomic E-state index is -2.66. The van der Waals surface area contributed by atoms with Crippen molar-refractivity contribution in [2.75, 3.05) is 5.32 Å². The van der Waals surface area contributed by atoms with Gasteiger partial charge in [-0.3, -0.25) is 14.2 Å². The van der Waals surface area contributed by atoms with Crippen LogP contribution in [0.5, 0.6) is 0 Å². The molecule has 3 aromatic rings. The van der Waals surface area contributed by atoms with Gasteiger partial charge in [-0.15, -0.1) is 0 Å². The SMILES string of the molecule is O=C(Cn1nc(C2CC2)cc1C(F)F)Nc1cccc(Cn2cccn2)c1. The highest BCUT2D eigenvalue weighted by Crippen LogP contribution is 2.40. The molecule has 27 heavy (non-hydrogen) atoms. The third-order valence-electron chi connectivity index (χ3n) is 4.46. The molecule has 1 fully saturated rings. The number of nitrogens with zero attached hydrogens (tertiary/aromatic N) is 4. The molecule has 1 aromatic carbocycles. The molecule has 6 nitrogen and oxygen atoms in total. The van der Waals surface area contributed by atoms with Crippen LogP contribution in [0.2, 0.25) is 0 Å². The summed E-state index contributed by atoms with van der Waals surface area (Å²) in [6, 6.07) is 10.6. The van der Waals surface area contributed by atoms with Crippen LogP contribution in [0.15, 0.2) is 48.8 Å². The molecule has 0 unspecified atom stereocenters. The normalized spacial score (nSPS) is 13.9. The Hall–Kier alpha value is -3.03. The molecule has 0 atom stereocenters. The highest BCUT2D eigenvalue weighted by atomic mass is 19.3. The Bertz CT molecular complexity index is 931. The van der Waals surface area contributed by atoms with Crippen molar-refractivity contribution in [3.05, 3.63) is 65.7 Å². The van der Waals surface area contributed by atoms with Crippen molar-refractivity contribution in [2.45, 2.75) is 38.3 Å². The van der Waals surface area contributed by atoms with Crippen molar-refractivity contribution in [1.82, 2.24) is 19.6 Å². The van der Waals surface area contributed by atoms with E-state index in [0.29, 0.717) is 17.9 Å². The van der Waals surface area contributed by atoms with Gasteiger partial charge in [-0.2, -0.15) is 10.2 Å². The van der Waals surface area contributed by atoms with Crippen molar-refractivity contribution < 1.29 is 13.6 Å². The Morgan fingerprint density at radius 1 is 1.26 bits per heavy atom. The van der Waals surface area contributed by atoms with E-state index in [4.69, 9.17) is 0 Å². The monoisotopic (exact) mass is 371 g/mol. The number of anilines is 1. The van der Waals surface area contributed by atoms with Gasteiger partial charge in [0, 0.05) is 24.0 Å². The van der Waals surface area contributed by atoms with E-state index in [9.17, 15) is 13.6 Å². The number of halogens is 2. The summed E-state index contributed by atoms with van der Waals surface area (Å²) in [6.45, 7) is 0.339. The number of carbonyl (C=O) groups is 1. The zero-order valence-electron chi connectivity index (χ0n) is 14.6. The molecule has 2 heterocycles. The molecular formula is C19H19F2N5O. The number of benzene rings is 1. The predicted molar refractivity (Wildman–Crippen MR) is 95.6 cm³/mol. The summed E-state index contributed by atoms with van der Waals surface area (Å²) in [5.74, 6) is -0.135. The first-order valence-corrected chi connectivity index (χ1v) is 8.80. The quantitative estimate of drug-likeness (QED) is 0.690. The number of carbonyl (C=O) groups excluding carboxylic acids is 1. The fourth-order valence-electron chi connectivity index (χ4n) is 3.00. The van der Waals surface area contributed by atoms with Gasteiger partial charge in [-0.05, 0) is 42.7 Å². The van der Waals surface area contributed by atoms with Crippen LogP contribution in [0.4, 0.5) is 14.5 Å². The average Bonchev–Trinajstić information content (AvgIpc) is 3.19. The standard InChI is InChI=1S/C19H19F2N5O/c20-19(21)17-10-16(14-5-6-14)24-26(17)12-18(27)23-15-4-1-3-13(9-15)11-25-8-2-7-22-25/h1-4,7-10,14,19H,5-6,11-12H2,(H,23,27). The smallest absolute Gasteiger partial charge is 0.280 e. The number of hydrogen-bond donors (Lipinski definition) is 1. The molecular weight excluding hydrogens is 352 g/mol. The van der Waals surface area contributed by atoms with Crippen LogP contribution in [0.3, 0.4) is 0 Å². The number of nitrogens with one attached hydrogen (secondary N) is 1. The summed E-state index contributed by atoms with van der Waals surface area (Å²) in [5, 5.41) is 11.1. The number of hydrogen-bond acceptors (Lipinski definition) is 3. The Balaban J connectivity index is 1.44. The van der Waals surface area contributed by atoms with Crippen LogP contribution >= 0.6 is 0 Å². The first-order chi connectivity index (χ1) is 13.1. The third kappa shape index (κ3) is 4.21.